The molecule has 0 aromatic heterocycles. The van der Waals surface area contributed by atoms with Gasteiger partial charge in [-0.1, -0.05) is 18.7 Å². The van der Waals surface area contributed by atoms with E-state index in [0.717, 1.165) is 11.3 Å². The van der Waals surface area contributed by atoms with E-state index in [9.17, 15) is 14.4 Å². The summed E-state index contributed by atoms with van der Waals surface area (Å²) >= 11 is 0. The molecule has 0 aliphatic rings. The predicted molar refractivity (Wildman–Crippen MR) is 90.0 cm³/mol. The Bertz CT molecular complexity index is 644. The number of methoxy groups -OCH3 is 1. The second-order valence-electron chi connectivity index (χ2n) is 4.94. The Morgan fingerprint density at radius 1 is 1.12 bits per heavy atom. The van der Waals surface area contributed by atoms with Gasteiger partial charge in [-0.3, -0.25) is 4.79 Å². The van der Waals surface area contributed by atoms with E-state index in [0.29, 0.717) is 6.42 Å². The summed E-state index contributed by atoms with van der Waals surface area (Å²) < 4.78 is 14.8. The molecule has 0 unspecified atom stereocenters. The summed E-state index contributed by atoms with van der Waals surface area (Å²) in [7, 11) is 1.57. The van der Waals surface area contributed by atoms with Gasteiger partial charge in [0.1, 0.15) is 5.75 Å². The van der Waals surface area contributed by atoms with E-state index in [-0.39, 0.29) is 18.8 Å². The lowest BCUT2D eigenvalue weighted by Gasteiger charge is -2.05. The van der Waals surface area contributed by atoms with E-state index in [1.807, 2.05) is 0 Å². The summed E-state index contributed by atoms with van der Waals surface area (Å²) in [6, 6.07) is 7.15. The number of rotatable bonds is 10. The molecular formula is C18H20O7. The van der Waals surface area contributed by atoms with Gasteiger partial charge in [0.05, 0.1) is 26.7 Å². The van der Waals surface area contributed by atoms with Crippen LogP contribution in [-0.4, -0.2) is 43.3 Å². The highest BCUT2D eigenvalue weighted by Crippen LogP contribution is 2.12. The van der Waals surface area contributed by atoms with Gasteiger partial charge in [-0.05, 0) is 23.8 Å². The van der Waals surface area contributed by atoms with E-state index in [1.54, 1.807) is 37.5 Å². The van der Waals surface area contributed by atoms with Crippen molar-refractivity contribution < 1.29 is 33.7 Å². The largest absolute Gasteiger partial charge is 0.497 e. The van der Waals surface area contributed by atoms with Gasteiger partial charge < -0.3 is 19.3 Å². The van der Waals surface area contributed by atoms with Crippen LogP contribution < -0.4 is 4.74 Å². The highest BCUT2D eigenvalue weighted by atomic mass is 16.5. The highest BCUT2D eigenvalue weighted by Gasteiger charge is 2.11. The maximum atomic E-state index is 11.5. The van der Waals surface area contributed by atoms with Crippen LogP contribution in [0.4, 0.5) is 0 Å². The molecule has 7 heteroatoms. The Kier molecular flexibility index (Phi) is 8.49. The van der Waals surface area contributed by atoms with Crippen LogP contribution in [0.2, 0.25) is 0 Å². The van der Waals surface area contributed by atoms with Crippen molar-refractivity contribution in [2.24, 2.45) is 0 Å². The number of carbonyl (C=O) groups is 3. The maximum Gasteiger partial charge on any atom is 0.333 e. The molecule has 0 fully saturated rings. The molecule has 1 rings (SSSR count). The number of carbonyl (C=O) groups excluding carboxylic acids is 2. The van der Waals surface area contributed by atoms with Gasteiger partial charge in [0.2, 0.25) is 0 Å². The average Bonchev–Trinajstić information content (AvgIpc) is 2.59. The Labute approximate surface area is 145 Å². The van der Waals surface area contributed by atoms with E-state index in [4.69, 9.17) is 19.3 Å². The number of hydrogen-bond donors (Lipinski definition) is 1. The zero-order valence-corrected chi connectivity index (χ0v) is 13.9. The molecule has 134 valence electrons. The Morgan fingerprint density at radius 2 is 1.76 bits per heavy atom. The monoisotopic (exact) mass is 348 g/mol. The zero-order chi connectivity index (χ0) is 18.7. The number of carboxylic acid groups (broad SMARTS) is 1. The van der Waals surface area contributed by atoms with Crippen molar-refractivity contribution in [3.63, 3.8) is 0 Å². The zero-order valence-electron chi connectivity index (χ0n) is 13.9. The van der Waals surface area contributed by atoms with Gasteiger partial charge in [-0.25, -0.2) is 9.59 Å². The number of carboxylic acids is 1. The van der Waals surface area contributed by atoms with Crippen LogP contribution in [0.3, 0.4) is 0 Å². The van der Waals surface area contributed by atoms with Crippen molar-refractivity contribution in [2.45, 2.75) is 12.8 Å². The van der Waals surface area contributed by atoms with Crippen molar-refractivity contribution in [2.75, 3.05) is 20.3 Å². The fourth-order valence-corrected chi connectivity index (χ4v) is 1.68. The van der Waals surface area contributed by atoms with Gasteiger partial charge >= 0.3 is 17.9 Å². The molecule has 0 aliphatic heterocycles. The normalized spacial score (nSPS) is 10.3. The number of esters is 2. The van der Waals surface area contributed by atoms with Crippen LogP contribution >= 0.6 is 0 Å². The van der Waals surface area contributed by atoms with Crippen molar-refractivity contribution in [1.82, 2.24) is 0 Å². The van der Waals surface area contributed by atoms with E-state index in [1.165, 1.54) is 6.08 Å². The smallest absolute Gasteiger partial charge is 0.333 e. The molecule has 0 spiro atoms. The topological polar surface area (TPSA) is 99.1 Å². The molecular weight excluding hydrogens is 328 g/mol. The van der Waals surface area contributed by atoms with Crippen LogP contribution in [0.15, 0.2) is 42.5 Å². The fraction of sp³-hybridized carbons (Fsp3) is 0.278. The summed E-state index contributed by atoms with van der Waals surface area (Å²) in [6.07, 6.45) is 2.73. The number of hydrogen-bond acceptors (Lipinski definition) is 6. The van der Waals surface area contributed by atoms with Crippen LogP contribution in [0.1, 0.15) is 18.4 Å². The first-order valence-corrected chi connectivity index (χ1v) is 7.48. The van der Waals surface area contributed by atoms with Crippen molar-refractivity contribution in [1.29, 1.82) is 0 Å². The minimum Gasteiger partial charge on any atom is -0.497 e. The Morgan fingerprint density at radius 3 is 2.36 bits per heavy atom. The molecule has 0 radical (unpaired) electrons. The minimum absolute atomic E-state index is 0.00689. The van der Waals surface area contributed by atoms with Crippen LogP contribution in [0.5, 0.6) is 5.75 Å². The molecule has 0 saturated heterocycles. The van der Waals surface area contributed by atoms with Crippen LogP contribution in [0.25, 0.3) is 6.08 Å². The Hall–Kier alpha value is -3.09. The third kappa shape index (κ3) is 8.36. The first kappa shape index (κ1) is 20.0. The molecule has 0 aliphatic carbocycles. The summed E-state index contributed by atoms with van der Waals surface area (Å²) in [5, 5.41) is 8.52. The molecule has 0 atom stereocenters. The molecule has 0 saturated carbocycles. The fourth-order valence-electron chi connectivity index (χ4n) is 1.68. The summed E-state index contributed by atoms with van der Waals surface area (Å²) in [4.78, 5) is 33.3. The van der Waals surface area contributed by atoms with Crippen molar-refractivity contribution in [3.05, 3.63) is 48.1 Å². The van der Waals surface area contributed by atoms with E-state index >= 15 is 0 Å². The second kappa shape index (κ2) is 10.6. The molecule has 0 bridgehead atoms. The Balaban J connectivity index is 2.21. The number of aliphatic carboxylic acids is 1. The van der Waals surface area contributed by atoms with Gasteiger partial charge in [0.25, 0.3) is 0 Å². The van der Waals surface area contributed by atoms with Gasteiger partial charge in [0.15, 0.2) is 0 Å². The highest BCUT2D eigenvalue weighted by molar-refractivity contribution is 5.92. The van der Waals surface area contributed by atoms with Crippen molar-refractivity contribution in [3.8, 4) is 5.75 Å². The molecule has 0 heterocycles. The quantitative estimate of drug-likeness (QED) is 0.393. The standard InChI is InChI=1S/C18H20O7/c1-13(12-16(19)20)18(22)25-11-3-10-24-17(21)9-6-14-4-7-15(23-2)8-5-14/h4-9H,1,3,10-12H2,2H3,(H,19,20). The SMILES string of the molecule is C=C(CC(=O)O)C(=O)OCCCOC(=O)C=Cc1ccc(OC)cc1. The summed E-state index contributed by atoms with van der Waals surface area (Å²) in [6.45, 7) is 3.41. The minimum atomic E-state index is -1.15. The molecule has 1 aromatic carbocycles. The van der Waals surface area contributed by atoms with E-state index < -0.39 is 24.3 Å². The lowest BCUT2D eigenvalue weighted by molar-refractivity contribution is -0.143. The van der Waals surface area contributed by atoms with Gasteiger partial charge in [-0.15, -0.1) is 0 Å². The first-order chi connectivity index (χ1) is 11.9. The molecule has 0 amide bonds. The van der Waals surface area contributed by atoms with Crippen molar-refractivity contribution >= 4 is 24.0 Å². The maximum absolute atomic E-state index is 11.5. The third-order valence-electron chi connectivity index (χ3n) is 2.95. The van der Waals surface area contributed by atoms with Crippen LogP contribution in [-0.2, 0) is 23.9 Å². The van der Waals surface area contributed by atoms with Gasteiger partial charge in [-0.2, -0.15) is 0 Å². The lowest BCUT2D eigenvalue weighted by atomic mass is 10.2. The molecule has 1 N–H and O–H groups in total. The molecule has 1 aromatic rings. The number of ether oxygens (including phenoxy) is 3. The summed E-state index contributed by atoms with van der Waals surface area (Å²) in [5.41, 5.74) is 0.690. The van der Waals surface area contributed by atoms with Gasteiger partial charge in [0, 0.05) is 18.1 Å². The molecule has 25 heavy (non-hydrogen) atoms. The average molecular weight is 348 g/mol. The van der Waals surface area contributed by atoms with Crippen LogP contribution in [0, 0.1) is 0 Å². The first-order valence-electron chi connectivity index (χ1n) is 7.48. The second-order valence-corrected chi connectivity index (χ2v) is 4.94. The van der Waals surface area contributed by atoms with E-state index in [2.05, 4.69) is 6.58 Å². The summed E-state index contributed by atoms with van der Waals surface area (Å²) in [5.74, 6) is -1.72. The number of benzene rings is 1. The predicted octanol–water partition coefficient (Wildman–Crippen LogP) is 2.22. The third-order valence-corrected chi connectivity index (χ3v) is 2.95. The lowest BCUT2D eigenvalue weighted by Crippen LogP contribution is -2.13. The molecule has 7 nitrogen and oxygen atoms in total.